The number of rotatable bonds is 1. The summed E-state index contributed by atoms with van der Waals surface area (Å²) in [6.07, 6.45) is 3.93. The highest BCUT2D eigenvalue weighted by molar-refractivity contribution is 5.92. The normalized spacial score (nSPS) is 24.6. The summed E-state index contributed by atoms with van der Waals surface area (Å²) >= 11 is 0. The molecule has 0 N–H and O–H groups in total. The zero-order valence-corrected chi connectivity index (χ0v) is 7.26. The van der Waals surface area contributed by atoms with E-state index >= 15 is 0 Å². The lowest BCUT2D eigenvalue weighted by Gasteiger charge is -2.23. The molecule has 0 saturated heterocycles. The van der Waals surface area contributed by atoms with Crippen LogP contribution in [-0.2, 0) is 9.53 Å². The van der Waals surface area contributed by atoms with Crippen molar-refractivity contribution in [2.75, 3.05) is 0 Å². The van der Waals surface area contributed by atoms with Crippen molar-refractivity contribution in [3.8, 4) is 0 Å². The lowest BCUT2D eigenvalue weighted by atomic mass is 10.2. The number of ketones is 1. The van der Waals surface area contributed by atoms with Crippen LogP contribution in [0.3, 0.4) is 0 Å². The van der Waals surface area contributed by atoms with Gasteiger partial charge >= 0.3 is 0 Å². The summed E-state index contributed by atoms with van der Waals surface area (Å²) in [5, 5.41) is 0. The van der Waals surface area contributed by atoms with Crippen LogP contribution in [0.1, 0.15) is 27.2 Å². The molecule has 0 amide bonds. The fourth-order valence-electron chi connectivity index (χ4n) is 1.08. The Kier molecular flexibility index (Phi) is 2.14. The van der Waals surface area contributed by atoms with Crippen molar-refractivity contribution in [2.45, 2.75) is 38.9 Å². The van der Waals surface area contributed by atoms with Gasteiger partial charge in [-0.25, -0.2) is 0 Å². The minimum atomic E-state index is -0.153. The van der Waals surface area contributed by atoms with Gasteiger partial charge in [-0.15, -0.1) is 0 Å². The maximum Gasteiger partial charge on any atom is 0.158 e. The molecule has 0 fully saturated rings. The Morgan fingerprint density at radius 2 is 2.18 bits per heavy atom. The number of carbonyl (C=O) groups is 1. The molecule has 0 aromatic rings. The molecular weight excluding hydrogens is 140 g/mol. The average molecular weight is 154 g/mol. The van der Waals surface area contributed by atoms with Gasteiger partial charge in [-0.2, -0.15) is 0 Å². The van der Waals surface area contributed by atoms with E-state index in [2.05, 4.69) is 0 Å². The van der Waals surface area contributed by atoms with E-state index in [1.54, 1.807) is 6.08 Å². The quantitative estimate of drug-likeness (QED) is 0.574. The van der Waals surface area contributed by atoms with Crippen LogP contribution in [0, 0.1) is 0 Å². The van der Waals surface area contributed by atoms with Crippen LogP contribution in [0.2, 0.25) is 0 Å². The van der Waals surface area contributed by atoms with Crippen molar-refractivity contribution in [2.24, 2.45) is 0 Å². The molecule has 1 atom stereocenters. The third-order valence-electron chi connectivity index (χ3n) is 1.40. The predicted octanol–water partition coefficient (Wildman–Crippen LogP) is 1.70. The van der Waals surface area contributed by atoms with Gasteiger partial charge in [0.2, 0.25) is 0 Å². The lowest BCUT2D eigenvalue weighted by molar-refractivity contribution is -0.117. The van der Waals surface area contributed by atoms with E-state index in [1.807, 2.05) is 26.8 Å². The summed E-state index contributed by atoms with van der Waals surface area (Å²) in [6, 6.07) is 0. The standard InChI is InChI=1S/C9H14O2/c1-9(2,3)11-8-5-4-7(10)6-8/h4-5,8H,6H2,1-3H3. The second kappa shape index (κ2) is 2.78. The van der Waals surface area contributed by atoms with E-state index in [0.717, 1.165) is 0 Å². The SMILES string of the molecule is CC(C)(C)OC1C=CC(=O)C1. The first-order valence-corrected chi connectivity index (χ1v) is 3.86. The summed E-state index contributed by atoms with van der Waals surface area (Å²) in [6.45, 7) is 5.97. The van der Waals surface area contributed by atoms with Crippen molar-refractivity contribution in [1.29, 1.82) is 0 Å². The van der Waals surface area contributed by atoms with Crippen molar-refractivity contribution >= 4 is 5.78 Å². The Bertz CT molecular complexity index is 186. The van der Waals surface area contributed by atoms with E-state index in [0.29, 0.717) is 6.42 Å². The third kappa shape index (κ3) is 2.85. The Hall–Kier alpha value is -0.630. The molecule has 0 bridgehead atoms. The summed E-state index contributed by atoms with van der Waals surface area (Å²) in [7, 11) is 0. The molecule has 0 heterocycles. The molecule has 0 aliphatic heterocycles. The van der Waals surface area contributed by atoms with Crippen LogP contribution in [0.5, 0.6) is 0 Å². The van der Waals surface area contributed by atoms with E-state index < -0.39 is 0 Å². The van der Waals surface area contributed by atoms with Gasteiger partial charge in [0.05, 0.1) is 11.7 Å². The monoisotopic (exact) mass is 154 g/mol. The first-order valence-electron chi connectivity index (χ1n) is 3.86. The Morgan fingerprint density at radius 1 is 1.55 bits per heavy atom. The molecule has 0 spiro atoms. The number of allylic oxidation sites excluding steroid dienone is 1. The van der Waals surface area contributed by atoms with E-state index in [9.17, 15) is 4.79 Å². The predicted molar refractivity (Wildman–Crippen MR) is 43.4 cm³/mol. The number of hydrogen-bond acceptors (Lipinski definition) is 2. The molecule has 62 valence electrons. The van der Waals surface area contributed by atoms with Gasteiger partial charge in [-0.3, -0.25) is 4.79 Å². The van der Waals surface area contributed by atoms with Crippen LogP contribution >= 0.6 is 0 Å². The first-order chi connectivity index (χ1) is 4.97. The summed E-state index contributed by atoms with van der Waals surface area (Å²) in [4.78, 5) is 10.8. The van der Waals surface area contributed by atoms with E-state index in [4.69, 9.17) is 4.74 Å². The van der Waals surface area contributed by atoms with E-state index in [1.165, 1.54) is 0 Å². The minimum absolute atomic E-state index is 0.00231. The van der Waals surface area contributed by atoms with Crippen LogP contribution < -0.4 is 0 Å². The zero-order valence-electron chi connectivity index (χ0n) is 7.26. The van der Waals surface area contributed by atoms with Gasteiger partial charge in [-0.1, -0.05) is 6.08 Å². The van der Waals surface area contributed by atoms with Crippen molar-refractivity contribution in [3.05, 3.63) is 12.2 Å². The molecule has 1 aliphatic rings. The molecule has 0 aromatic carbocycles. The highest BCUT2D eigenvalue weighted by atomic mass is 16.5. The Balaban J connectivity index is 2.42. The minimum Gasteiger partial charge on any atom is -0.368 e. The smallest absolute Gasteiger partial charge is 0.158 e. The van der Waals surface area contributed by atoms with Gasteiger partial charge < -0.3 is 4.74 Å². The molecule has 0 radical (unpaired) electrons. The molecule has 1 unspecified atom stereocenters. The van der Waals surface area contributed by atoms with Crippen molar-refractivity contribution in [3.63, 3.8) is 0 Å². The summed E-state index contributed by atoms with van der Waals surface area (Å²) in [5.41, 5.74) is -0.153. The second-order valence-electron chi connectivity index (χ2n) is 3.80. The maximum absolute atomic E-state index is 10.8. The van der Waals surface area contributed by atoms with Crippen LogP contribution in [0.4, 0.5) is 0 Å². The lowest BCUT2D eigenvalue weighted by Crippen LogP contribution is -2.25. The molecule has 2 nitrogen and oxygen atoms in total. The van der Waals surface area contributed by atoms with Gasteiger partial charge in [0.1, 0.15) is 0 Å². The van der Waals surface area contributed by atoms with Crippen LogP contribution in [0.15, 0.2) is 12.2 Å². The topological polar surface area (TPSA) is 26.3 Å². The fraction of sp³-hybridized carbons (Fsp3) is 0.667. The summed E-state index contributed by atoms with van der Waals surface area (Å²) < 4.78 is 5.56. The number of ether oxygens (including phenoxy) is 1. The molecule has 0 aromatic heterocycles. The fourth-order valence-corrected chi connectivity index (χ4v) is 1.08. The second-order valence-corrected chi connectivity index (χ2v) is 3.80. The highest BCUT2D eigenvalue weighted by Crippen LogP contribution is 2.17. The molecule has 2 heteroatoms. The van der Waals surface area contributed by atoms with Gasteiger partial charge in [0.15, 0.2) is 5.78 Å². The Morgan fingerprint density at radius 3 is 2.55 bits per heavy atom. The van der Waals surface area contributed by atoms with Gasteiger partial charge in [0, 0.05) is 6.42 Å². The number of carbonyl (C=O) groups excluding carboxylic acids is 1. The number of hydrogen-bond donors (Lipinski definition) is 0. The van der Waals surface area contributed by atoms with Crippen LogP contribution in [0.25, 0.3) is 0 Å². The molecule has 1 rings (SSSR count). The third-order valence-corrected chi connectivity index (χ3v) is 1.40. The molecular formula is C9H14O2. The van der Waals surface area contributed by atoms with Crippen molar-refractivity contribution < 1.29 is 9.53 Å². The highest BCUT2D eigenvalue weighted by Gasteiger charge is 2.21. The average Bonchev–Trinajstić information content (AvgIpc) is 2.10. The summed E-state index contributed by atoms with van der Waals surface area (Å²) in [5.74, 6) is 0.166. The first kappa shape index (κ1) is 8.47. The Labute approximate surface area is 67.2 Å². The zero-order chi connectivity index (χ0) is 8.48. The molecule has 0 saturated carbocycles. The van der Waals surface area contributed by atoms with Gasteiger partial charge in [-0.05, 0) is 26.8 Å². The largest absolute Gasteiger partial charge is 0.368 e. The van der Waals surface area contributed by atoms with Crippen molar-refractivity contribution in [1.82, 2.24) is 0 Å². The molecule has 11 heavy (non-hydrogen) atoms. The van der Waals surface area contributed by atoms with Crippen LogP contribution in [-0.4, -0.2) is 17.5 Å². The van der Waals surface area contributed by atoms with Gasteiger partial charge in [0.25, 0.3) is 0 Å². The van der Waals surface area contributed by atoms with E-state index in [-0.39, 0.29) is 17.5 Å². The molecule has 1 aliphatic carbocycles. The maximum atomic E-state index is 10.8.